The van der Waals surface area contributed by atoms with E-state index in [4.69, 9.17) is 0 Å². The average Bonchev–Trinajstić information content (AvgIpc) is 1.88. The monoisotopic (exact) mass is 132 g/mol. The van der Waals surface area contributed by atoms with Crippen LogP contribution in [0.3, 0.4) is 0 Å². The molecule has 0 aliphatic heterocycles. The van der Waals surface area contributed by atoms with Gasteiger partial charge in [-0.1, -0.05) is 26.0 Å². The number of rotatable bonds is 1. The molecule has 0 amide bonds. The molecule has 1 aromatic rings. The van der Waals surface area contributed by atoms with E-state index in [1.165, 1.54) is 5.56 Å². The molecule has 0 nitrogen and oxygen atoms in total. The second-order valence-electron chi connectivity index (χ2n) is 2.84. The third kappa shape index (κ3) is 1.60. The molecule has 10 heavy (non-hydrogen) atoms. The zero-order valence-electron chi connectivity index (χ0n) is 6.73. The maximum absolute atomic E-state index is 3.25. The summed E-state index contributed by atoms with van der Waals surface area (Å²) in [6.07, 6.45) is 0. The predicted molar refractivity (Wildman–Crippen MR) is 42.9 cm³/mol. The van der Waals surface area contributed by atoms with E-state index in [0.717, 1.165) is 5.56 Å². The van der Waals surface area contributed by atoms with Crippen molar-refractivity contribution in [3.8, 4) is 0 Å². The molecule has 0 spiro atoms. The van der Waals surface area contributed by atoms with Gasteiger partial charge < -0.3 is 0 Å². The summed E-state index contributed by atoms with van der Waals surface area (Å²) in [6.45, 7) is 6.36. The van der Waals surface area contributed by atoms with E-state index in [1.807, 2.05) is 13.0 Å². The molecule has 0 atom stereocenters. The van der Waals surface area contributed by atoms with Gasteiger partial charge >= 0.3 is 0 Å². The van der Waals surface area contributed by atoms with Gasteiger partial charge in [-0.3, -0.25) is 0 Å². The molecule has 1 rings (SSSR count). The molecule has 0 aliphatic rings. The van der Waals surface area contributed by atoms with Crippen LogP contribution in [0.1, 0.15) is 30.9 Å². The fourth-order valence-electron chi connectivity index (χ4n) is 0.887. The normalized spacial score (nSPS) is 10.4. The second-order valence-corrected chi connectivity index (χ2v) is 2.84. The molecule has 0 saturated carbocycles. The first-order chi connectivity index (χ1) is 4.70. The highest BCUT2D eigenvalue weighted by atomic mass is 14.0. The number of aryl methyl sites for hydroxylation is 1. The Bertz CT molecular complexity index is 211. The Balaban J connectivity index is 2.96. The van der Waals surface area contributed by atoms with Crippen molar-refractivity contribution in [2.45, 2.75) is 26.7 Å². The lowest BCUT2D eigenvalue weighted by atomic mass is 10.0. The molecule has 0 aromatic heterocycles. The van der Waals surface area contributed by atoms with Gasteiger partial charge in [-0.15, -0.1) is 0 Å². The molecule has 0 unspecified atom stereocenters. The molecule has 0 N–H and O–H groups in total. The second kappa shape index (κ2) is 2.87. The SMILES string of the molecule is Cc1[c]ccc(C(C)C)[c]1. The van der Waals surface area contributed by atoms with Crippen LogP contribution in [0.4, 0.5) is 0 Å². The van der Waals surface area contributed by atoms with E-state index < -0.39 is 0 Å². The molecule has 0 heteroatoms. The molecule has 2 radical (unpaired) electrons. The summed E-state index contributed by atoms with van der Waals surface area (Å²) >= 11 is 0. The van der Waals surface area contributed by atoms with E-state index in [1.54, 1.807) is 0 Å². The Morgan fingerprint density at radius 1 is 1.40 bits per heavy atom. The summed E-state index contributed by atoms with van der Waals surface area (Å²) in [5.41, 5.74) is 2.38. The van der Waals surface area contributed by atoms with Crippen molar-refractivity contribution in [3.63, 3.8) is 0 Å². The Hall–Kier alpha value is -0.780. The van der Waals surface area contributed by atoms with Gasteiger partial charge in [0.1, 0.15) is 0 Å². The minimum absolute atomic E-state index is 0.577. The lowest BCUT2D eigenvalue weighted by Crippen LogP contribution is -1.87. The number of hydrogen-bond donors (Lipinski definition) is 0. The standard InChI is InChI=1S/C10H12/c1-8(2)10-6-4-5-9(3)7-10/h4,6,8H,1-3H3. The van der Waals surface area contributed by atoms with E-state index in [9.17, 15) is 0 Å². The first kappa shape index (κ1) is 7.33. The van der Waals surface area contributed by atoms with Gasteiger partial charge in [-0.25, -0.2) is 0 Å². The van der Waals surface area contributed by atoms with Gasteiger partial charge in [0.25, 0.3) is 0 Å². The molecular formula is C10H12. The van der Waals surface area contributed by atoms with Crippen molar-refractivity contribution >= 4 is 0 Å². The third-order valence-corrected chi connectivity index (χ3v) is 1.52. The lowest BCUT2D eigenvalue weighted by Gasteiger charge is -2.03. The highest BCUT2D eigenvalue weighted by Gasteiger charge is 1.97. The topological polar surface area (TPSA) is 0 Å². The molecule has 52 valence electrons. The summed E-state index contributed by atoms with van der Waals surface area (Å²) in [5.74, 6) is 0.577. The molecule has 0 aliphatic carbocycles. The highest BCUT2D eigenvalue weighted by molar-refractivity contribution is 5.21. The summed E-state index contributed by atoms with van der Waals surface area (Å²) in [7, 11) is 0. The van der Waals surface area contributed by atoms with Crippen LogP contribution in [0.2, 0.25) is 0 Å². The van der Waals surface area contributed by atoms with Gasteiger partial charge in [-0.05, 0) is 36.1 Å². The summed E-state index contributed by atoms with van der Waals surface area (Å²) in [5, 5.41) is 0. The van der Waals surface area contributed by atoms with Crippen LogP contribution in [-0.2, 0) is 0 Å². The van der Waals surface area contributed by atoms with Crippen LogP contribution in [0.15, 0.2) is 12.1 Å². The van der Waals surface area contributed by atoms with Gasteiger partial charge in [0.2, 0.25) is 0 Å². The number of hydrogen-bond acceptors (Lipinski definition) is 0. The smallest absolute Gasteiger partial charge is 0.0108 e. The van der Waals surface area contributed by atoms with Crippen LogP contribution >= 0.6 is 0 Å². The zero-order chi connectivity index (χ0) is 7.56. The van der Waals surface area contributed by atoms with Gasteiger partial charge in [0.15, 0.2) is 0 Å². The molecule has 0 bridgehead atoms. The first-order valence-electron chi connectivity index (χ1n) is 3.60. The van der Waals surface area contributed by atoms with E-state index in [0.29, 0.717) is 5.92 Å². The van der Waals surface area contributed by atoms with Crippen LogP contribution in [0.25, 0.3) is 0 Å². The number of benzene rings is 1. The van der Waals surface area contributed by atoms with Crippen molar-refractivity contribution in [2.75, 3.05) is 0 Å². The maximum Gasteiger partial charge on any atom is -0.0108 e. The van der Waals surface area contributed by atoms with Crippen molar-refractivity contribution in [3.05, 3.63) is 35.4 Å². The average molecular weight is 132 g/mol. The summed E-state index contributed by atoms with van der Waals surface area (Å²) in [6, 6.07) is 10.3. The maximum atomic E-state index is 3.25. The fraction of sp³-hybridized carbons (Fsp3) is 0.400. The first-order valence-corrected chi connectivity index (χ1v) is 3.60. The Labute approximate surface area is 62.9 Å². The van der Waals surface area contributed by atoms with E-state index in [2.05, 4.69) is 32.0 Å². The van der Waals surface area contributed by atoms with Gasteiger partial charge in [0.05, 0.1) is 0 Å². The summed E-state index contributed by atoms with van der Waals surface area (Å²) < 4.78 is 0. The van der Waals surface area contributed by atoms with Crippen LogP contribution in [-0.4, -0.2) is 0 Å². The van der Waals surface area contributed by atoms with E-state index in [-0.39, 0.29) is 0 Å². The Morgan fingerprint density at radius 2 is 2.10 bits per heavy atom. The molecule has 0 heterocycles. The van der Waals surface area contributed by atoms with Crippen LogP contribution in [0.5, 0.6) is 0 Å². The fourth-order valence-corrected chi connectivity index (χ4v) is 0.887. The minimum Gasteiger partial charge on any atom is -0.0587 e. The largest absolute Gasteiger partial charge is 0.0587 e. The molecular weight excluding hydrogens is 120 g/mol. The molecule has 0 saturated heterocycles. The molecule has 0 fully saturated rings. The zero-order valence-corrected chi connectivity index (χ0v) is 6.73. The quantitative estimate of drug-likeness (QED) is 0.551. The minimum atomic E-state index is 0.577. The van der Waals surface area contributed by atoms with Crippen molar-refractivity contribution in [1.82, 2.24) is 0 Å². The van der Waals surface area contributed by atoms with Gasteiger partial charge in [-0.2, -0.15) is 0 Å². The van der Waals surface area contributed by atoms with Crippen molar-refractivity contribution < 1.29 is 0 Å². The Kier molecular flexibility index (Phi) is 2.10. The summed E-state index contributed by atoms with van der Waals surface area (Å²) in [4.78, 5) is 0. The Morgan fingerprint density at radius 3 is 2.50 bits per heavy atom. The van der Waals surface area contributed by atoms with Crippen molar-refractivity contribution in [2.24, 2.45) is 0 Å². The predicted octanol–water partition coefficient (Wildman–Crippen LogP) is 2.72. The lowest BCUT2D eigenvalue weighted by molar-refractivity contribution is 0.862. The third-order valence-electron chi connectivity index (χ3n) is 1.52. The van der Waals surface area contributed by atoms with Crippen molar-refractivity contribution in [1.29, 1.82) is 0 Å². The van der Waals surface area contributed by atoms with E-state index >= 15 is 0 Å². The van der Waals surface area contributed by atoms with Gasteiger partial charge in [0, 0.05) is 0 Å². The van der Waals surface area contributed by atoms with Crippen LogP contribution in [0, 0.1) is 19.1 Å². The molecule has 1 aromatic carbocycles. The highest BCUT2D eigenvalue weighted by Crippen LogP contribution is 2.13. The van der Waals surface area contributed by atoms with Crippen LogP contribution < -0.4 is 0 Å².